The van der Waals surface area contributed by atoms with Crippen molar-refractivity contribution in [3.63, 3.8) is 0 Å². The van der Waals surface area contributed by atoms with E-state index in [0.717, 1.165) is 57.9 Å². The number of aromatic nitrogens is 1. The van der Waals surface area contributed by atoms with Crippen LogP contribution >= 0.6 is 11.5 Å². The van der Waals surface area contributed by atoms with E-state index in [2.05, 4.69) is 77.9 Å². The molecule has 1 amide bonds. The Morgan fingerprint density at radius 2 is 1.79 bits per heavy atom. The number of benzene rings is 2. The molecular formula is C27H34N4OS. The van der Waals surface area contributed by atoms with Gasteiger partial charge in [0.2, 0.25) is 5.91 Å². The first kappa shape index (κ1) is 22.4. The number of para-hydroxylation sites is 1. The first-order valence-corrected chi connectivity index (χ1v) is 13.0. The number of nitrogens with zero attached hydrogens (tertiary/aromatic N) is 4. The van der Waals surface area contributed by atoms with E-state index >= 15 is 0 Å². The molecule has 0 radical (unpaired) electrons. The van der Waals surface area contributed by atoms with Crippen molar-refractivity contribution in [3.05, 3.63) is 53.6 Å². The molecule has 1 aromatic heterocycles. The molecule has 6 heteroatoms. The maximum atomic E-state index is 13.1. The van der Waals surface area contributed by atoms with Gasteiger partial charge in [0.05, 0.1) is 10.4 Å². The molecule has 3 aromatic rings. The third-order valence-electron chi connectivity index (χ3n) is 7.28. The number of hydrogen-bond donors (Lipinski definition) is 0. The van der Waals surface area contributed by atoms with Crippen LogP contribution in [0.2, 0.25) is 0 Å². The fourth-order valence-electron chi connectivity index (χ4n) is 5.41. The average Bonchev–Trinajstić information content (AvgIpc) is 3.25. The zero-order valence-corrected chi connectivity index (χ0v) is 20.8. The van der Waals surface area contributed by atoms with E-state index in [1.807, 2.05) is 0 Å². The van der Waals surface area contributed by atoms with Crippen LogP contribution in [0.25, 0.3) is 10.1 Å². The van der Waals surface area contributed by atoms with E-state index in [4.69, 9.17) is 4.37 Å². The molecule has 5 rings (SSSR count). The number of anilines is 2. The number of carbonyl (C=O) groups excluding carboxylic acids is 1. The molecule has 0 saturated carbocycles. The van der Waals surface area contributed by atoms with Gasteiger partial charge < -0.3 is 9.80 Å². The second kappa shape index (κ2) is 9.07. The smallest absolute Gasteiger partial charge is 0.227 e. The SMILES string of the molecule is CCc1cccc2c1N(CCCN1CCN(c3nsc4ccccc34)CC1)C(=O)CC2(C)C. The summed E-state index contributed by atoms with van der Waals surface area (Å²) in [7, 11) is 0. The van der Waals surface area contributed by atoms with Crippen LogP contribution in [0.4, 0.5) is 11.5 Å². The van der Waals surface area contributed by atoms with Gasteiger partial charge in [0.25, 0.3) is 0 Å². The van der Waals surface area contributed by atoms with Crippen LogP contribution < -0.4 is 9.80 Å². The van der Waals surface area contributed by atoms with Crippen molar-refractivity contribution in [2.24, 2.45) is 0 Å². The quantitative estimate of drug-likeness (QED) is 0.512. The fourth-order valence-corrected chi connectivity index (χ4v) is 6.20. The molecule has 174 valence electrons. The highest BCUT2D eigenvalue weighted by Gasteiger charge is 2.37. The summed E-state index contributed by atoms with van der Waals surface area (Å²) in [5.41, 5.74) is 3.70. The van der Waals surface area contributed by atoms with Crippen molar-refractivity contribution >= 4 is 39.0 Å². The Kier molecular flexibility index (Phi) is 6.14. The van der Waals surface area contributed by atoms with Crippen molar-refractivity contribution in [1.82, 2.24) is 9.27 Å². The summed E-state index contributed by atoms with van der Waals surface area (Å²) >= 11 is 1.59. The van der Waals surface area contributed by atoms with Gasteiger partial charge in [-0.05, 0) is 54.2 Å². The lowest BCUT2D eigenvalue weighted by atomic mass is 9.76. The lowest BCUT2D eigenvalue weighted by Crippen LogP contribution is -2.48. The minimum absolute atomic E-state index is 0.0930. The second-order valence-electron chi connectivity index (χ2n) is 9.96. The van der Waals surface area contributed by atoms with Crippen molar-refractivity contribution in [3.8, 4) is 0 Å². The van der Waals surface area contributed by atoms with Gasteiger partial charge in [0, 0.05) is 49.9 Å². The maximum absolute atomic E-state index is 13.1. The summed E-state index contributed by atoms with van der Waals surface area (Å²) in [6.07, 6.45) is 2.55. The van der Waals surface area contributed by atoms with Crippen molar-refractivity contribution < 1.29 is 4.79 Å². The van der Waals surface area contributed by atoms with E-state index in [9.17, 15) is 4.79 Å². The third kappa shape index (κ3) is 4.26. The zero-order chi connectivity index (χ0) is 23.0. The summed E-state index contributed by atoms with van der Waals surface area (Å²) in [5, 5.41) is 1.27. The summed E-state index contributed by atoms with van der Waals surface area (Å²) in [6.45, 7) is 12.5. The van der Waals surface area contributed by atoms with Gasteiger partial charge in [0.1, 0.15) is 5.82 Å². The minimum atomic E-state index is -0.0930. The van der Waals surface area contributed by atoms with Crippen LogP contribution in [0.15, 0.2) is 42.5 Å². The highest BCUT2D eigenvalue weighted by Crippen LogP contribution is 2.42. The second-order valence-corrected chi connectivity index (χ2v) is 10.8. The number of carbonyl (C=O) groups is 1. The zero-order valence-electron chi connectivity index (χ0n) is 20.0. The minimum Gasteiger partial charge on any atom is -0.353 e. The summed E-state index contributed by atoms with van der Waals surface area (Å²) in [4.78, 5) is 20.1. The molecule has 1 fully saturated rings. The van der Waals surface area contributed by atoms with Crippen molar-refractivity contribution in [2.75, 3.05) is 49.1 Å². The number of amides is 1. The van der Waals surface area contributed by atoms with E-state index < -0.39 is 0 Å². The number of fused-ring (bicyclic) bond motifs is 2. The first-order chi connectivity index (χ1) is 16.0. The van der Waals surface area contributed by atoms with Crippen LogP contribution in [0.5, 0.6) is 0 Å². The Morgan fingerprint density at radius 1 is 1.00 bits per heavy atom. The largest absolute Gasteiger partial charge is 0.353 e. The van der Waals surface area contributed by atoms with Gasteiger partial charge in [-0.2, -0.15) is 4.37 Å². The molecule has 2 aliphatic heterocycles. The highest BCUT2D eigenvalue weighted by molar-refractivity contribution is 7.13. The van der Waals surface area contributed by atoms with Gasteiger partial charge in [0.15, 0.2) is 0 Å². The molecule has 5 nitrogen and oxygen atoms in total. The summed E-state index contributed by atoms with van der Waals surface area (Å²) in [6, 6.07) is 15.1. The van der Waals surface area contributed by atoms with Crippen LogP contribution in [0.3, 0.4) is 0 Å². The number of rotatable bonds is 6. The van der Waals surface area contributed by atoms with Gasteiger partial charge in [-0.3, -0.25) is 9.69 Å². The number of piperazine rings is 1. The Hall–Kier alpha value is -2.44. The molecule has 2 aromatic carbocycles. The van der Waals surface area contributed by atoms with Crippen LogP contribution in [-0.4, -0.2) is 54.4 Å². The average molecular weight is 463 g/mol. The van der Waals surface area contributed by atoms with Gasteiger partial charge in [-0.25, -0.2) is 0 Å². The molecule has 1 saturated heterocycles. The van der Waals surface area contributed by atoms with Crippen LogP contribution in [-0.2, 0) is 16.6 Å². The molecule has 0 spiro atoms. The predicted octanol–water partition coefficient (Wildman–Crippen LogP) is 5.09. The topological polar surface area (TPSA) is 39.7 Å². The van der Waals surface area contributed by atoms with E-state index in [0.29, 0.717) is 6.42 Å². The normalized spacial score (nSPS) is 18.7. The van der Waals surface area contributed by atoms with Crippen molar-refractivity contribution in [2.45, 2.75) is 45.4 Å². The molecular weight excluding hydrogens is 428 g/mol. The highest BCUT2D eigenvalue weighted by atomic mass is 32.1. The predicted molar refractivity (Wildman–Crippen MR) is 139 cm³/mol. The standard InChI is InChI=1S/C27H34N4OS/c1-4-20-9-7-11-22-25(20)31(24(32)19-27(22,2)3)14-8-13-29-15-17-30(18-16-29)26-21-10-5-6-12-23(21)33-28-26/h5-7,9-12H,4,8,13-19H2,1-3H3. The fraction of sp³-hybridized carbons (Fsp3) is 0.481. The van der Waals surface area contributed by atoms with Gasteiger partial charge >= 0.3 is 0 Å². The number of hydrogen-bond acceptors (Lipinski definition) is 5. The van der Waals surface area contributed by atoms with Crippen molar-refractivity contribution in [1.29, 1.82) is 0 Å². The molecule has 0 atom stereocenters. The lowest BCUT2D eigenvalue weighted by Gasteiger charge is -2.40. The van der Waals surface area contributed by atoms with Gasteiger partial charge in [-0.15, -0.1) is 0 Å². The Bertz CT molecular complexity index is 1150. The first-order valence-electron chi connectivity index (χ1n) is 12.2. The van der Waals surface area contributed by atoms with Gasteiger partial charge in [-0.1, -0.05) is 51.1 Å². The Labute approximate surface area is 201 Å². The van der Waals surface area contributed by atoms with E-state index in [1.165, 1.54) is 26.9 Å². The van der Waals surface area contributed by atoms with Crippen LogP contribution in [0.1, 0.15) is 44.7 Å². The molecule has 2 aliphatic rings. The number of aryl methyl sites for hydroxylation is 1. The molecule has 0 bridgehead atoms. The Morgan fingerprint density at radius 3 is 2.58 bits per heavy atom. The van der Waals surface area contributed by atoms with Crippen LogP contribution in [0, 0.1) is 0 Å². The third-order valence-corrected chi connectivity index (χ3v) is 8.10. The Balaban J connectivity index is 1.20. The van der Waals surface area contributed by atoms with E-state index in [1.54, 1.807) is 11.5 Å². The maximum Gasteiger partial charge on any atom is 0.227 e. The van der Waals surface area contributed by atoms with E-state index in [-0.39, 0.29) is 11.3 Å². The molecule has 3 heterocycles. The lowest BCUT2D eigenvalue weighted by molar-refractivity contribution is -0.120. The molecule has 0 N–H and O–H groups in total. The molecule has 0 aliphatic carbocycles. The molecule has 33 heavy (non-hydrogen) atoms. The monoisotopic (exact) mass is 462 g/mol. The summed E-state index contributed by atoms with van der Waals surface area (Å²) in [5.74, 6) is 1.41. The summed E-state index contributed by atoms with van der Waals surface area (Å²) < 4.78 is 5.99. The molecule has 0 unspecified atom stereocenters.